The van der Waals surface area contributed by atoms with Gasteiger partial charge in [-0.1, -0.05) is 36.4 Å². The third-order valence-electron chi connectivity index (χ3n) is 5.14. The van der Waals surface area contributed by atoms with E-state index in [0.29, 0.717) is 12.4 Å². The van der Waals surface area contributed by atoms with Gasteiger partial charge in [0.05, 0.1) is 6.61 Å². The van der Waals surface area contributed by atoms with Crippen molar-refractivity contribution in [3.05, 3.63) is 65.2 Å². The fraction of sp³-hybridized carbons (Fsp3) is 0.400. The molecule has 0 aliphatic carbocycles. The molecule has 2 amide bonds. The Labute approximate surface area is 193 Å². The molecule has 1 unspecified atom stereocenters. The summed E-state index contributed by atoms with van der Waals surface area (Å²) in [6.07, 6.45) is -0.192. The first-order valence-corrected chi connectivity index (χ1v) is 10.9. The summed E-state index contributed by atoms with van der Waals surface area (Å²) < 4.78 is 10.9. The Morgan fingerprint density at radius 1 is 1.12 bits per heavy atom. The van der Waals surface area contributed by atoms with Gasteiger partial charge >= 0.3 is 12.1 Å². The van der Waals surface area contributed by atoms with E-state index in [-0.39, 0.29) is 31.2 Å². The van der Waals surface area contributed by atoms with Gasteiger partial charge in [-0.2, -0.15) is 0 Å². The highest BCUT2D eigenvalue weighted by atomic mass is 16.6. The van der Waals surface area contributed by atoms with Crippen molar-refractivity contribution in [1.29, 1.82) is 0 Å². The predicted molar refractivity (Wildman–Crippen MR) is 122 cm³/mol. The molecule has 176 valence electrons. The number of nitrogens with one attached hydrogen (secondary N) is 2. The molecule has 2 aromatic rings. The van der Waals surface area contributed by atoms with E-state index in [4.69, 9.17) is 9.47 Å². The van der Waals surface area contributed by atoms with Crippen LogP contribution in [-0.2, 0) is 27.3 Å². The van der Waals surface area contributed by atoms with E-state index in [1.54, 1.807) is 20.8 Å². The van der Waals surface area contributed by atoms with Crippen LogP contribution >= 0.6 is 0 Å². The minimum Gasteiger partial charge on any atom is -0.493 e. The average Bonchev–Trinajstić information content (AvgIpc) is 3.13. The maximum Gasteiger partial charge on any atom is 0.407 e. The number of carbonyl (C=O) groups is 3. The number of amides is 2. The van der Waals surface area contributed by atoms with E-state index in [9.17, 15) is 19.5 Å². The second-order valence-electron chi connectivity index (χ2n) is 9.09. The molecule has 1 aliphatic heterocycles. The van der Waals surface area contributed by atoms with Gasteiger partial charge < -0.3 is 25.2 Å². The number of hydrogen-bond acceptors (Lipinski definition) is 5. The zero-order valence-electron chi connectivity index (χ0n) is 19.1. The van der Waals surface area contributed by atoms with E-state index in [1.807, 2.05) is 48.5 Å². The van der Waals surface area contributed by atoms with E-state index in [0.717, 1.165) is 16.7 Å². The summed E-state index contributed by atoms with van der Waals surface area (Å²) >= 11 is 0. The lowest BCUT2D eigenvalue weighted by atomic mass is 9.95. The maximum absolute atomic E-state index is 12.6. The second kappa shape index (κ2) is 10.4. The van der Waals surface area contributed by atoms with Crippen molar-refractivity contribution in [1.82, 2.24) is 10.6 Å². The van der Waals surface area contributed by atoms with E-state index < -0.39 is 23.7 Å². The van der Waals surface area contributed by atoms with Crippen LogP contribution in [0.1, 0.15) is 49.8 Å². The Morgan fingerprint density at radius 2 is 1.85 bits per heavy atom. The lowest BCUT2D eigenvalue weighted by Gasteiger charge is -2.19. The topological polar surface area (TPSA) is 114 Å². The van der Waals surface area contributed by atoms with Gasteiger partial charge in [0.25, 0.3) is 0 Å². The number of ether oxygens (including phenoxy) is 2. The zero-order chi connectivity index (χ0) is 24.0. The molecule has 0 saturated carbocycles. The number of carbonyl (C=O) groups excluding carboxylic acids is 2. The van der Waals surface area contributed by atoms with Gasteiger partial charge in [0.1, 0.15) is 17.4 Å². The molecule has 0 saturated heterocycles. The van der Waals surface area contributed by atoms with Crippen molar-refractivity contribution in [2.75, 3.05) is 6.61 Å². The Morgan fingerprint density at radius 3 is 2.52 bits per heavy atom. The van der Waals surface area contributed by atoms with Crippen LogP contribution in [-0.4, -0.2) is 41.3 Å². The Balaban J connectivity index is 1.59. The Hall–Kier alpha value is -3.55. The average molecular weight is 455 g/mol. The largest absolute Gasteiger partial charge is 0.493 e. The molecule has 8 nitrogen and oxygen atoms in total. The molecule has 3 N–H and O–H groups in total. The summed E-state index contributed by atoms with van der Waals surface area (Å²) in [5.41, 5.74) is 1.97. The number of benzene rings is 2. The van der Waals surface area contributed by atoms with Crippen LogP contribution in [0.3, 0.4) is 0 Å². The normalized spacial score (nSPS) is 15.7. The third kappa shape index (κ3) is 7.24. The van der Waals surface area contributed by atoms with Gasteiger partial charge in [0, 0.05) is 30.9 Å². The first-order valence-electron chi connectivity index (χ1n) is 10.9. The van der Waals surface area contributed by atoms with Crippen molar-refractivity contribution in [2.24, 2.45) is 0 Å². The van der Waals surface area contributed by atoms with Gasteiger partial charge in [-0.3, -0.25) is 4.79 Å². The van der Waals surface area contributed by atoms with Crippen LogP contribution in [0.5, 0.6) is 5.75 Å². The summed E-state index contributed by atoms with van der Waals surface area (Å²) in [6.45, 7) is 6.00. The van der Waals surface area contributed by atoms with Crippen LogP contribution in [0, 0.1) is 0 Å². The van der Waals surface area contributed by atoms with E-state index in [2.05, 4.69) is 10.6 Å². The van der Waals surface area contributed by atoms with Crippen LogP contribution in [0.25, 0.3) is 0 Å². The van der Waals surface area contributed by atoms with Crippen LogP contribution in [0.4, 0.5) is 4.79 Å². The van der Waals surface area contributed by atoms with Gasteiger partial charge in [-0.25, -0.2) is 9.59 Å². The minimum atomic E-state index is -1.08. The highest BCUT2D eigenvalue weighted by Crippen LogP contribution is 2.36. The molecule has 8 heteroatoms. The van der Waals surface area contributed by atoms with Crippen molar-refractivity contribution < 1.29 is 29.0 Å². The first kappa shape index (κ1) is 24.1. The number of carboxylic acid groups (broad SMARTS) is 1. The molecular formula is C25H30N2O6. The molecule has 3 rings (SSSR count). The fourth-order valence-corrected chi connectivity index (χ4v) is 3.62. The quantitative estimate of drug-likeness (QED) is 0.563. The Bertz CT molecular complexity index is 1000. The fourth-order valence-electron chi connectivity index (χ4n) is 3.62. The summed E-state index contributed by atoms with van der Waals surface area (Å²) in [5.74, 6) is -0.941. The Kier molecular flexibility index (Phi) is 7.58. The summed E-state index contributed by atoms with van der Waals surface area (Å²) in [6, 6.07) is 13.7. The van der Waals surface area contributed by atoms with Gasteiger partial charge in [-0.05, 0) is 44.0 Å². The van der Waals surface area contributed by atoms with Crippen LogP contribution in [0.2, 0.25) is 0 Å². The molecule has 0 spiro atoms. The molecule has 0 bridgehead atoms. The lowest BCUT2D eigenvalue weighted by Crippen LogP contribution is -2.42. The van der Waals surface area contributed by atoms with Gasteiger partial charge in [-0.15, -0.1) is 0 Å². The molecule has 2 atom stereocenters. The summed E-state index contributed by atoms with van der Waals surface area (Å²) in [4.78, 5) is 36.2. The maximum atomic E-state index is 12.6. The SMILES string of the molecule is CC(C)(C)OC(=O)NCc1ccc2c(c1)C(CC(=O)N[C@@H](Cc1ccccc1)C(=O)O)CO2. The van der Waals surface area contributed by atoms with Crippen molar-refractivity contribution >= 4 is 18.0 Å². The molecule has 2 aromatic carbocycles. The molecular weight excluding hydrogens is 424 g/mol. The molecule has 0 fully saturated rings. The standard InChI is InChI=1S/C25H30N2O6/c1-25(2,3)33-24(31)26-14-17-9-10-21-19(11-17)18(15-32-21)13-22(28)27-20(23(29)30)12-16-7-5-4-6-8-16/h4-11,18,20H,12-15H2,1-3H3,(H,26,31)(H,27,28)(H,29,30)/t18?,20-/m0/s1. The number of aliphatic carboxylic acids is 1. The van der Waals surface area contributed by atoms with Crippen molar-refractivity contribution in [3.63, 3.8) is 0 Å². The van der Waals surface area contributed by atoms with Crippen molar-refractivity contribution in [3.8, 4) is 5.75 Å². The van der Waals surface area contributed by atoms with E-state index in [1.165, 1.54) is 0 Å². The number of fused-ring (bicyclic) bond motifs is 1. The van der Waals surface area contributed by atoms with Crippen LogP contribution in [0.15, 0.2) is 48.5 Å². The number of rotatable bonds is 8. The van der Waals surface area contributed by atoms with Crippen LogP contribution < -0.4 is 15.4 Å². The van der Waals surface area contributed by atoms with Gasteiger partial charge in [0.2, 0.25) is 5.91 Å². The molecule has 1 heterocycles. The summed E-state index contributed by atoms with van der Waals surface area (Å²) in [5, 5.41) is 14.9. The number of alkyl carbamates (subject to hydrolysis) is 1. The highest BCUT2D eigenvalue weighted by molar-refractivity contribution is 5.84. The number of hydrogen-bond donors (Lipinski definition) is 3. The predicted octanol–water partition coefficient (Wildman–Crippen LogP) is 3.39. The third-order valence-corrected chi connectivity index (χ3v) is 5.14. The van der Waals surface area contributed by atoms with Crippen molar-refractivity contribution in [2.45, 2.75) is 57.7 Å². The minimum absolute atomic E-state index is 0.106. The molecule has 0 aromatic heterocycles. The first-order chi connectivity index (χ1) is 15.6. The molecule has 1 aliphatic rings. The zero-order valence-corrected chi connectivity index (χ0v) is 19.1. The number of carboxylic acids is 1. The lowest BCUT2D eigenvalue weighted by molar-refractivity contribution is -0.141. The van der Waals surface area contributed by atoms with E-state index >= 15 is 0 Å². The highest BCUT2D eigenvalue weighted by Gasteiger charge is 2.29. The molecule has 33 heavy (non-hydrogen) atoms. The second-order valence-corrected chi connectivity index (χ2v) is 9.09. The van der Waals surface area contributed by atoms with Gasteiger partial charge in [0.15, 0.2) is 0 Å². The monoisotopic (exact) mass is 454 g/mol. The summed E-state index contributed by atoms with van der Waals surface area (Å²) in [7, 11) is 0. The molecule has 0 radical (unpaired) electrons. The smallest absolute Gasteiger partial charge is 0.407 e.